The van der Waals surface area contributed by atoms with Gasteiger partial charge in [0, 0.05) is 27.2 Å². The van der Waals surface area contributed by atoms with Gasteiger partial charge in [-0.1, -0.05) is 0 Å². The second kappa shape index (κ2) is 4.33. The van der Waals surface area contributed by atoms with Gasteiger partial charge in [0.15, 0.2) is 5.13 Å². The highest BCUT2D eigenvalue weighted by molar-refractivity contribution is 7.14. The smallest absolute Gasteiger partial charge is 0.183 e. The molecule has 2 heterocycles. The van der Waals surface area contributed by atoms with E-state index in [1.54, 1.807) is 11.3 Å². The van der Waals surface area contributed by atoms with Crippen LogP contribution in [0.5, 0.6) is 0 Å². The van der Waals surface area contributed by atoms with Crippen molar-refractivity contribution in [3.05, 3.63) is 21.2 Å². The van der Waals surface area contributed by atoms with Gasteiger partial charge in [0.25, 0.3) is 0 Å². The summed E-state index contributed by atoms with van der Waals surface area (Å²) >= 11 is 3.50. The summed E-state index contributed by atoms with van der Waals surface area (Å²) in [6, 6.07) is 2.21. The molecule has 0 aliphatic carbocycles. The van der Waals surface area contributed by atoms with Crippen molar-refractivity contribution < 1.29 is 0 Å². The van der Waals surface area contributed by atoms with Crippen molar-refractivity contribution in [2.24, 2.45) is 0 Å². The minimum Gasteiger partial charge on any atom is -0.362 e. The molecule has 0 amide bonds. The summed E-state index contributed by atoms with van der Waals surface area (Å²) < 4.78 is 0. The quantitative estimate of drug-likeness (QED) is 0.876. The lowest BCUT2D eigenvalue weighted by molar-refractivity contribution is 1.19. The lowest BCUT2D eigenvalue weighted by Gasteiger charge is -1.95. The molecule has 1 N–H and O–H groups in total. The van der Waals surface area contributed by atoms with Crippen LogP contribution in [0.25, 0.3) is 11.3 Å². The first kappa shape index (κ1) is 10.6. The van der Waals surface area contributed by atoms with Crippen molar-refractivity contribution in [2.45, 2.75) is 20.8 Å². The molecule has 4 heteroatoms. The lowest BCUT2D eigenvalue weighted by atomic mass is 10.2. The standard InChI is InChI=1S/C11H14N2S2/c1-4-12-11-13-10(6-14-11)9-5-7(2)15-8(9)3/h5-6H,4H2,1-3H3,(H,12,13). The van der Waals surface area contributed by atoms with Gasteiger partial charge in [0.2, 0.25) is 0 Å². The zero-order valence-electron chi connectivity index (χ0n) is 9.13. The van der Waals surface area contributed by atoms with Crippen LogP contribution in [0, 0.1) is 13.8 Å². The first-order chi connectivity index (χ1) is 7.20. The first-order valence-corrected chi connectivity index (χ1v) is 6.67. The van der Waals surface area contributed by atoms with E-state index in [0.29, 0.717) is 0 Å². The third-order valence-electron chi connectivity index (χ3n) is 2.15. The fourth-order valence-corrected chi connectivity index (χ4v) is 3.23. The molecule has 0 aliphatic heterocycles. The minimum atomic E-state index is 0.925. The van der Waals surface area contributed by atoms with Crippen molar-refractivity contribution in [1.82, 2.24) is 4.98 Å². The van der Waals surface area contributed by atoms with Crippen LogP contribution >= 0.6 is 22.7 Å². The van der Waals surface area contributed by atoms with Crippen LogP contribution in [0.15, 0.2) is 11.4 Å². The summed E-state index contributed by atoms with van der Waals surface area (Å²) in [5.74, 6) is 0. The minimum absolute atomic E-state index is 0.925. The molecule has 0 saturated heterocycles. The van der Waals surface area contributed by atoms with E-state index in [-0.39, 0.29) is 0 Å². The van der Waals surface area contributed by atoms with E-state index >= 15 is 0 Å². The molecule has 0 saturated carbocycles. The third-order valence-corrected chi connectivity index (χ3v) is 3.92. The van der Waals surface area contributed by atoms with Gasteiger partial charge in [-0.05, 0) is 26.8 Å². The molecule has 0 atom stereocenters. The lowest BCUT2D eigenvalue weighted by Crippen LogP contribution is -1.94. The Bertz CT molecular complexity index is 457. The van der Waals surface area contributed by atoms with E-state index in [2.05, 4.69) is 42.5 Å². The summed E-state index contributed by atoms with van der Waals surface area (Å²) in [6.45, 7) is 7.30. The zero-order valence-corrected chi connectivity index (χ0v) is 10.8. The molecule has 0 aliphatic rings. The van der Waals surface area contributed by atoms with Crippen molar-refractivity contribution in [3.63, 3.8) is 0 Å². The molecule has 0 unspecified atom stereocenters. The number of hydrogen-bond acceptors (Lipinski definition) is 4. The highest BCUT2D eigenvalue weighted by Gasteiger charge is 2.09. The van der Waals surface area contributed by atoms with Crippen LogP contribution in [0.1, 0.15) is 16.7 Å². The summed E-state index contributed by atoms with van der Waals surface area (Å²) in [7, 11) is 0. The Balaban J connectivity index is 2.32. The number of aryl methyl sites for hydroxylation is 2. The van der Waals surface area contributed by atoms with Crippen LogP contribution < -0.4 is 5.32 Å². The number of aromatic nitrogens is 1. The molecule has 0 bridgehead atoms. The first-order valence-electron chi connectivity index (χ1n) is 4.97. The predicted octanol–water partition coefficient (Wildman–Crippen LogP) is 3.92. The van der Waals surface area contributed by atoms with Crippen LogP contribution in [0.2, 0.25) is 0 Å². The molecule has 2 aromatic heterocycles. The van der Waals surface area contributed by atoms with Crippen LogP contribution in [-0.4, -0.2) is 11.5 Å². The topological polar surface area (TPSA) is 24.9 Å². The number of thiophene rings is 1. The molecule has 0 fully saturated rings. The van der Waals surface area contributed by atoms with Crippen molar-refractivity contribution >= 4 is 27.8 Å². The van der Waals surface area contributed by atoms with E-state index in [4.69, 9.17) is 0 Å². The Kier molecular flexibility index (Phi) is 3.07. The molecular weight excluding hydrogens is 224 g/mol. The van der Waals surface area contributed by atoms with Gasteiger partial charge in [0.1, 0.15) is 0 Å². The van der Waals surface area contributed by atoms with Gasteiger partial charge in [-0.25, -0.2) is 4.98 Å². The maximum Gasteiger partial charge on any atom is 0.183 e. The Hall–Kier alpha value is -0.870. The summed E-state index contributed by atoms with van der Waals surface area (Å²) in [5.41, 5.74) is 2.37. The second-order valence-electron chi connectivity index (χ2n) is 3.40. The fourth-order valence-electron chi connectivity index (χ4n) is 1.51. The average Bonchev–Trinajstić information content (AvgIpc) is 2.73. The molecular formula is C11H14N2S2. The Labute approximate surface area is 98.0 Å². The van der Waals surface area contributed by atoms with Crippen LogP contribution in [0.3, 0.4) is 0 Å². The molecule has 2 aromatic rings. The molecule has 0 aromatic carbocycles. The SMILES string of the molecule is CCNc1nc(-c2cc(C)sc2C)cs1. The van der Waals surface area contributed by atoms with Crippen molar-refractivity contribution in [2.75, 3.05) is 11.9 Å². The summed E-state index contributed by atoms with van der Waals surface area (Å²) in [6.07, 6.45) is 0. The maximum atomic E-state index is 4.56. The Morgan fingerprint density at radius 3 is 2.80 bits per heavy atom. The number of anilines is 1. The van der Waals surface area contributed by atoms with E-state index in [9.17, 15) is 0 Å². The largest absolute Gasteiger partial charge is 0.362 e. The number of rotatable bonds is 3. The van der Waals surface area contributed by atoms with Crippen molar-refractivity contribution in [1.29, 1.82) is 0 Å². The maximum absolute atomic E-state index is 4.56. The highest BCUT2D eigenvalue weighted by Crippen LogP contribution is 2.32. The Morgan fingerprint density at radius 1 is 1.40 bits per heavy atom. The zero-order chi connectivity index (χ0) is 10.8. The average molecular weight is 238 g/mol. The van der Waals surface area contributed by atoms with E-state index in [1.165, 1.54) is 15.3 Å². The van der Waals surface area contributed by atoms with Crippen LogP contribution in [0.4, 0.5) is 5.13 Å². The highest BCUT2D eigenvalue weighted by atomic mass is 32.1. The van der Waals surface area contributed by atoms with Gasteiger partial charge in [-0.15, -0.1) is 22.7 Å². The fraction of sp³-hybridized carbons (Fsp3) is 0.364. The van der Waals surface area contributed by atoms with E-state index < -0.39 is 0 Å². The van der Waals surface area contributed by atoms with Gasteiger partial charge in [-0.2, -0.15) is 0 Å². The van der Waals surface area contributed by atoms with Gasteiger partial charge in [-0.3, -0.25) is 0 Å². The predicted molar refractivity (Wildman–Crippen MR) is 69.1 cm³/mol. The van der Waals surface area contributed by atoms with Gasteiger partial charge in [0.05, 0.1) is 5.69 Å². The van der Waals surface area contributed by atoms with Gasteiger partial charge < -0.3 is 5.32 Å². The van der Waals surface area contributed by atoms with Crippen molar-refractivity contribution in [3.8, 4) is 11.3 Å². The van der Waals surface area contributed by atoms with Crippen LogP contribution in [-0.2, 0) is 0 Å². The molecule has 2 rings (SSSR count). The molecule has 15 heavy (non-hydrogen) atoms. The van der Waals surface area contributed by atoms with E-state index in [1.807, 2.05) is 11.3 Å². The molecule has 0 radical (unpaired) electrons. The number of nitrogens with zero attached hydrogens (tertiary/aromatic N) is 1. The number of hydrogen-bond donors (Lipinski definition) is 1. The third kappa shape index (κ3) is 2.21. The summed E-state index contributed by atoms with van der Waals surface area (Å²) in [4.78, 5) is 7.25. The normalized spacial score (nSPS) is 10.6. The molecule has 2 nitrogen and oxygen atoms in total. The van der Waals surface area contributed by atoms with E-state index in [0.717, 1.165) is 17.4 Å². The van der Waals surface area contributed by atoms with Gasteiger partial charge >= 0.3 is 0 Å². The molecule has 0 spiro atoms. The Morgan fingerprint density at radius 2 is 2.20 bits per heavy atom. The number of nitrogens with one attached hydrogen (secondary N) is 1. The molecule has 80 valence electrons. The number of thiazole rings is 1. The monoisotopic (exact) mass is 238 g/mol. The summed E-state index contributed by atoms with van der Waals surface area (Å²) in [5, 5.41) is 6.36. The second-order valence-corrected chi connectivity index (χ2v) is 5.71.